The number of rotatable bonds is 3. The molecule has 0 saturated heterocycles. The summed E-state index contributed by atoms with van der Waals surface area (Å²) in [5.74, 6) is -0.149. The number of hydrogen-bond acceptors (Lipinski definition) is 3. The van der Waals surface area contributed by atoms with Gasteiger partial charge < -0.3 is 14.8 Å². The molecule has 0 spiro atoms. The van der Waals surface area contributed by atoms with Crippen molar-refractivity contribution in [2.75, 3.05) is 5.32 Å². The topological polar surface area (TPSA) is 79.5 Å². The van der Waals surface area contributed by atoms with Crippen molar-refractivity contribution in [2.24, 2.45) is 0 Å². The Kier molecular flexibility index (Phi) is 4.18. The molecule has 21 heavy (non-hydrogen) atoms. The Morgan fingerprint density at radius 1 is 1.14 bits per heavy atom. The number of aromatic carboxylic acids is 1. The Hall–Kier alpha value is -2.08. The van der Waals surface area contributed by atoms with Crippen LogP contribution in [0.4, 0.5) is 5.69 Å². The predicted octanol–water partition coefficient (Wildman–Crippen LogP) is 3.92. The van der Waals surface area contributed by atoms with Crippen molar-refractivity contribution < 1.29 is 19.1 Å². The molecule has 1 heterocycles. The first-order valence-corrected chi connectivity index (χ1v) is 7.00. The molecule has 2 rings (SSSR count). The Bertz CT molecular complexity index is 734. The number of nitrogens with one attached hydrogen (secondary N) is 1. The van der Waals surface area contributed by atoms with Crippen molar-refractivity contribution in [3.63, 3.8) is 0 Å². The van der Waals surface area contributed by atoms with Crippen LogP contribution in [0.5, 0.6) is 0 Å². The van der Waals surface area contributed by atoms with E-state index < -0.39 is 5.97 Å². The van der Waals surface area contributed by atoms with E-state index in [2.05, 4.69) is 21.2 Å². The van der Waals surface area contributed by atoms with Crippen molar-refractivity contribution >= 4 is 33.5 Å². The minimum Gasteiger partial charge on any atom is -0.478 e. The van der Waals surface area contributed by atoms with Gasteiger partial charge in [0.25, 0.3) is 5.91 Å². The number of anilines is 1. The lowest BCUT2D eigenvalue weighted by Gasteiger charge is -2.07. The van der Waals surface area contributed by atoms with Crippen LogP contribution >= 0.6 is 15.9 Å². The van der Waals surface area contributed by atoms with Gasteiger partial charge in [-0.05, 0) is 39.0 Å². The number of carboxylic acids is 1. The summed E-state index contributed by atoms with van der Waals surface area (Å²) in [6, 6.07) is 4.51. The molecule has 0 unspecified atom stereocenters. The highest BCUT2D eigenvalue weighted by molar-refractivity contribution is 9.10. The molecule has 0 saturated carbocycles. The van der Waals surface area contributed by atoms with Gasteiger partial charge in [-0.2, -0.15) is 0 Å². The summed E-state index contributed by atoms with van der Waals surface area (Å²) in [5.41, 5.74) is 1.75. The van der Waals surface area contributed by atoms with Gasteiger partial charge in [-0.15, -0.1) is 0 Å². The van der Waals surface area contributed by atoms with Crippen LogP contribution in [-0.2, 0) is 0 Å². The number of halogens is 1. The van der Waals surface area contributed by atoms with E-state index in [-0.39, 0.29) is 11.5 Å². The van der Waals surface area contributed by atoms with Crippen LogP contribution in [-0.4, -0.2) is 17.0 Å². The summed E-state index contributed by atoms with van der Waals surface area (Å²) in [5, 5.41) is 11.7. The number of amides is 1. The molecule has 110 valence electrons. The highest BCUT2D eigenvalue weighted by atomic mass is 79.9. The molecule has 2 aromatic rings. The number of carbonyl (C=O) groups is 2. The second-order valence-corrected chi connectivity index (χ2v) is 5.62. The van der Waals surface area contributed by atoms with E-state index in [1.165, 1.54) is 12.1 Å². The van der Waals surface area contributed by atoms with Crippen molar-refractivity contribution in [3.05, 3.63) is 50.9 Å². The molecule has 6 heteroatoms. The van der Waals surface area contributed by atoms with Gasteiger partial charge in [-0.25, -0.2) is 4.79 Å². The van der Waals surface area contributed by atoms with Crippen molar-refractivity contribution in [2.45, 2.75) is 20.8 Å². The molecule has 0 aliphatic rings. The van der Waals surface area contributed by atoms with Gasteiger partial charge in [0, 0.05) is 15.7 Å². The molecule has 0 aliphatic heterocycles. The molecule has 0 bridgehead atoms. The van der Waals surface area contributed by atoms with Crippen molar-refractivity contribution in [3.8, 4) is 0 Å². The first kappa shape index (κ1) is 15.3. The van der Waals surface area contributed by atoms with E-state index >= 15 is 0 Å². The molecule has 1 amide bonds. The fourth-order valence-corrected chi connectivity index (χ4v) is 2.60. The Morgan fingerprint density at radius 2 is 1.81 bits per heavy atom. The van der Waals surface area contributed by atoms with Gasteiger partial charge in [0.15, 0.2) is 0 Å². The minimum atomic E-state index is -1.06. The van der Waals surface area contributed by atoms with Crippen LogP contribution in [0.2, 0.25) is 0 Å². The molecule has 0 radical (unpaired) electrons. The molecular formula is C15H14BrNO4. The number of benzene rings is 1. The lowest BCUT2D eigenvalue weighted by molar-refractivity contribution is 0.0696. The fourth-order valence-electron chi connectivity index (χ4n) is 2.11. The summed E-state index contributed by atoms with van der Waals surface area (Å²) in [6.45, 7) is 5.32. The second kappa shape index (κ2) is 5.73. The van der Waals surface area contributed by atoms with Crippen LogP contribution in [0.25, 0.3) is 0 Å². The standard InChI is InChI=1S/C15H14BrNO4/c1-7-8(2)21-9(3)13(7)14(18)17-12-5-10(15(19)20)4-11(16)6-12/h4-6H,1-3H3,(H,17,18)(H,19,20). The zero-order chi connectivity index (χ0) is 15.7. The smallest absolute Gasteiger partial charge is 0.335 e. The van der Waals surface area contributed by atoms with Crippen molar-refractivity contribution in [1.82, 2.24) is 0 Å². The maximum absolute atomic E-state index is 12.3. The van der Waals surface area contributed by atoms with E-state index in [1.807, 2.05) is 6.92 Å². The average molecular weight is 352 g/mol. The van der Waals surface area contributed by atoms with Crippen LogP contribution in [0.3, 0.4) is 0 Å². The highest BCUT2D eigenvalue weighted by Crippen LogP contribution is 2.24. The first-order valence-electron chi connectivity index (χ1n) is 6.21. The Balaban J connectivity index is 2.34. The van der Waals surface area contributed by atoms with Gasteiger partial charge >= 0.3 is 5.97 Å². The molecule has 2 N–H and O–H groups in total. The van der Waals surface area contributed by atoms with Crippen LogP contribution < -0.4 is 5.32 Å². The minimum absolute atomic E-state index is 0.0940. The molecule has 0 aliphatic carbocycles. The van der Waals surface area contributed by atoms with Crippen LogP contribution in [0, 0.1) is 20.8 Å². The van der Waals surface area contributed by atoms with Crippen molar-refractivity contribution in [1.29, 1.82) is 0 Å². The van der Waals surface area contributed by atoms with Gasteiger partial charge in [-0.3, -0.25) is 4.79 Å². The number of carboxylic acid groups (broad SMARTS) is 1. The summed E-state index contributed by atoms with van der Waals surface area (Å²) in [4.78, 5) is 23.4. The monoisotopic (exact) mass is 351 g/mol. The van der Waals surface area contributed by atoms with E-state index in [0.29, 0.717) is 27.2 Å². The van der Waals surface area contributed by atoms with Gasteiger partial charge in [0.2, 0.25) is 0 Å². The molecule has 0 atom stereocenters. The zero-order valence-electron chi connectivity index (χ0n) is 11.8. The number of hydrogen-bond donors (Lipinski definition) is 2. The zero-order valence-corrected chi connectivity index (χ0v) is 13.4. The summed E-state index contributed by atoms with van der Waals surface area (Å²) >= 11 is 3.23. The molecule has 5 nitrogen and oxygen atoms in total. The number of furan rings is 1. The van der Waals surface area contributed by atoms with E-state index in [0.717, 1.165) is 5.56 Å². The lowest BCUT2D eigenvalue weighted by Crippen LogP contribution is -2.14. The third kappa shape index (κ3) is 3.16. The predicted molar refractivity (Wildman–Crippen MR) is 82.0 cm³/mol. The first-order chi connectivity index (χ1) is 9.79. The molecular weight excluding hydrogens is 338 g/mol. The average Bonchev–Trinajstić information content (AvgIpc) is 2.62. The quantitative estimate of drug-likeness (QED) is 0.878. The molecule has 1 aromatic carbocycles. The van der Waals surface area contributed by atoms with Gasteiger partial charge in [0.05, 0.1) is 11.1 Å². The van der Waals surface area contributed by atoms with Crippen LogP contribution in [0.1, 0.15) is 37.8 Å². The largest absolute Gasteiger partial charge is 0.478 e. The summed E-state index contributed by atoms with van der Waals surface area (Å²) in [7, 11) is 0. The maximum Gasteiger partial charge on any atom is 0.335 e. The lowest BCUT2D eigenvalue weighted by atomic mass is 10.1. The number of carbonyl (C=O) groups excluding carboxylic acids is 1. The SMILES string of the molecule is Cc1oc(C)c(C(=O)Nc2cc(Br)cc(C(=O)O)c2)c1C. The van der Waals surface area contributed by atoms with E-state index in [9.17, 15) is 9.59 Å². The Labute approximate surface area is 130 Å². The second-order valence-electron chi connectivity index (χ2n) is 4.70. The van der Waals surface area contributed by atoms with Gasteiger partial charge in [-0.1, -0.05) is 15.9 Å². The van der Waals surface area contributed by atoms with E-state index in [4.69, 9.17) is 9.52 Å². The maximum atomic E-state index is 12.3. The third-order valence-electron chi connectivity index (χ3n) is 3.19. The number of aryl methyl sites for hydroxylation is 2. The normalized spacial score (nSPS) is 10.5. The molecule has 0 fully saturated rings. The molecule has 1 aromatic heterocycles. The summed E-state index contributed by atoms with van der Waals surface area (Å²) in [6.07, 6.45) is 0. The third-order valence-corrected chi connectivity index (χ3v) is 3.65. The fraction of sp³-hybridized carbons (Fsp3) is 0.200. The highest BCUT2D eigenvalue weighted by Gasteiger charge is 2.19. The Morgan fingerprint density at radius 3 is 2.33 bits per heavy atom. The van der Waals surface area contributed by atoms with Gasteiger partial charge in [0.1, 0.15) is 11.5 Å². The van der Waals surface area contributed by atoms with E-state index in [1.54, 1.807) is 19.9 Å². The van der Waals surface area contributed by atoms with Crippen LogP contribution in [0.15, 0.2) is 27.1 Å². The summed E-state index contributed by atoms with van der Waals surface area (Å²) < 4.78 is 6.00.